The number of nitrogens with zero attached hydrogens (tertiary/aromatic N) is 1. The third-order valence-corrected chi connectivity index (χ3v) is 5.43. The number of hydrogen-bond donors (Lipinski definition) is 1. The molecule has 1 aromatic heterocycles. The van der Waals surface area contributed by atoms with Gasteiger partial charge >= 0.3 is 12.2 Å². The smallest absolute Gasteiger partial charge is 0.495 e. The van der Waals surface area contributed by atoms with Crippen LogP contribution in [0, 0.1) is 0 Å². The van der Waals surface area contributed by atoms with Crippen LogP contribution in [0.5, 0.6) is 5.75 Å². The molecule has 0 radical (unpaired) electrons. The summed E-state index contributed by atoms with van der Waals surface area (Å²) in [6, 6.07) is 7.32. The number of methoxy groups -OCH3 is 1. The molecule has 32 heavy (non-hydrogen) atoms. The number of alkyl carbamates (subject to hydrolysis) is 1. The second-order valence-electron chi connectivity index (χ2n) is 8.95. The number of ether oxygens (including phenoxy) is 5. The highest BCUT2D eigenvalue weighted by atomic mass is 16.8. The molecule has 1 N–H and O–H groups in total. The van der Waals surface area contributed by atoms with Gasteiger partial charge in [0.15, 0.2) is 12.2 Å². The minimum atomic E-state index is -0.731. The summed E-state index contributed by atoms with van der Waals surface area (Å²) in [5.74, 6) is 0.608. The predicted molar refractivity (Wildman–Crippen MR) is 115 cm³/mol. The van der Waals surface area contributed by atoms with E-state index in [0.717, 1.165) is 16.5 Å². The Kier molecular flexibility index (Phi) is 6.10. The van der Waals surface area contributed by atoms with Gasteiger partial charge in [0.2, 0.25) is 0 Å². The molecule has 4 atom stereocenters. The first-order valence-electron chi connectivity index (χ1n) is 10.6. The molecule has 4 rings (SSSR count). The van der Waals surface area contributed by atoms with Crippen molar-refractivity contribution in [1.82, 2.24) is 10.3 Å². The third-order valence-electron chi connectivity index (χ3n) is 5.43. The fraction of sp³-hybridized carbons (Fsp3) is 0.522. The van der Waals surface area contributed by atoms with Crippen LogP contribution in [-0.4, -0.2) is 54.8 Å². The molecule has 2 aromatic rings. The lowest BCUT2D eigenvalue weighted by molar-refractivity contribution is -0.0743. The van der Waals surface area contributed by atoms with Crippen molar-refractivity contribution in [2.75, 3.05) is 13.7 Å². The lowest BCUT2D eigenvalue weighted by Gasteiger charge is -2.33. The van der Waals surface area contributed by atoms with Crippen LogP contribution in [0.2, 0.25) is 0 Å². The fourth-order valence-corrected chi connectivity index (χ4v) is 4.01. The number of rotatable bonds is 4. The van der Waals surface area contributed by atoms with Crippen LogP contribution >= 0.6 is 0 Å². The first kappa shape index (κ1) is 22.1. The normalized spacial score (nSPS) is 25.7. The fourth-order valence-electron chi connectivity index (χ4n) is 4.01. The minimum Gasteiger partial charge on any atom is -0.495 e. The van der Waals surface area contributed by atoms with Crippen LogP contribution in [0.25, 0.3) is 10.9 Å². The molecule has 9 heteroatoms. The van der Waals surface area contributed by atoms with E-state index in [9.17, 15) is 9.59 Å². The van der Waals surface area contributed by atoms with E-state index < -0.39 is 30.1 Å². The monoisotopic (exact) mass is 444 g/mol. The zero-order valence-electron chi connectivity index (χ0n) is 18.6. The number of fused-ring (bicyclic) bond motifs is 1. The van der Waals surface area contributed by atoms with Crippen molar-refractivity contribution in [3.05, 3.63) is 36.0 Å². The zero-order chi connectivity index (χ0) is 22.9. The number of hydrogen-bond acceptors (Lipinski definition) is 8. The van der Waals surface area contributed by atoms with Crippen molar-refractivity contribution in [2.24, 2.45) is 0 Å². The first-order chi connectivity index (χ1) is 15.2. The van der Waals surface area contributed by atoms with E-state index in [-0.39, 0.29) is 18.8 Å². The van der Waals surface area contributed by atoms with Crippen molar-refractivity contribution in [3.8, 4) is 5.75 Å². The Bertz CT molecular complexity index is 995. The van der Waals surface area contributed by atoms with E-state index in [2.05, 4.69) is 10.3 Å². The van der Waals surface area contributed by atoms with Crippen LogP contribution < -0.4 is 10.1 Å². The molecular weight excluding hydrogens is 416 g/mol. The summed E-state index contributed by atoms with van der Waals surface area (Å²) >= 11 is 0. The maximum absolute atomic E-state index is 12.1. The summed E-state index contributed by atoms with van der Waals surface area (Å²) in [4.78, 5) is 28.5. The summed E-state index contributed by atoms with van der Waals surface area (Å²) in [6.07, 6.45) is 0.0724. The molecule has 0 saturated carbocycles. The van der Waals surface area contributed by atoms with E-state index in [1.807, 2.05) is 45.0 Å². The Balaban J connectivity index is 1.47. The molecule has 172 valence electrons. The summed E-state index contributed by atoms with van der Waals surface area (Å²) in [5, 5.41) is 3.65. The Morgan fingerprint density at radius 3 is 2.72 bits per heavy atom. The molecule has 3 heterocycles. The van der Waals surface area contributed by atoms with Gasteiger partial charge in [-0.1, -0.05) is 12.1 Å². The van der Waals surface area contributed by atoms with Crippen molar-refractivity contribution in [1.29, 1.82) is 0 Å². The molecule has 2 aliphatic heterocycles. The summed E-state index contributed by atoms with van der Waals surface area (Å²) in [7, 11) is 1.57. The number of amides is 1. The number of carbonyl (C=O) groups excluding carboxylic acids is 2. The molecule has 2 unspecified atom stereocenters. The van der Waals surface area contributed by atoms with Crippen LogP contribution in [0.1, 0.15) is 45.3 Å². The SMILES string of the molecule is COc1cnc2cccc(C3OC(=O)OC3[C@@H]3CC[C@@H](NC(=O)OC(C)(C)C)CO3)c2c1. The second-order valence-corrected chi connectivity index (χ2v) is 8.95. The number of cyclic esters (lactones) is 2. The first-order valence-corrected chi connectivity index (χ1v) is 10.6. The molecule has 2 aliphatic rings. The van der Waals surface area contributed by atoms with Gasteiger partial charge in [0.1, 0.15) is 11.4 Å². The number of carbonyl (C=O) groups is 2. The Morgan fingerprint density at radius 1 is 1.22 bits per heavy atom. The van der Waals surface area contributed by atoms with E-state index in [1.165, 1.54) is 0 Å². The molecule has 0 aliphatic carbocycles. The molecule has 0 spiro atoms. The predicted octanol–water partition coefficient (Wildman–Crippen LogP) is 3.89. The summed E-state index contributed by atoms with van der Waals surface area (Å²) in [6.45, 7) is 5.72. The molecular formula is C23H28N2O7. The van der Waals surface area contributed by atoms with Crippen LogP contribution in [0.3, 0.4) is 0 Å². The standard InChI is InChI=1S/C23H28N2O7/c1-23(2,3)32-21(26)25-13-8-9-18(29-12-13)20-19(30-22(27)31-20)15-6-5-7-17-16(15)10-14(28-4)11-24-17/h5-7,10-11,13,18-20H,8-9,12H2,1-4H3,(H,25,26)/t13-,18+,19?,20?/m1/s1. The maximum Gasteiger partial charge on any atom is 0.509 e. The average molecular weight is 444 g/mol. The number of benzene rings is 1. The van der Waals surface area contributed by atoms with Gasteiger partial charge in [-0.2, -0.15) is 0 Å². The van der Waals surface area contributed by atoms with Gasteiger partial charge in [-0.05, 0) is 45.7 Å². The molecule has 1 amide bonds. The van der Waals surface area contributed by atoms with Gasteiger partial charge in [-0.3, -0.25) is 4.98 Å². The van der Waals surface area contributed by atoms with E-state index in [1.54, 1.807) is 13.3 Å². The van der Waals surface area contributed by atoms with Crippen molar-refractivity contribution in [3.63, 3.8) is 0 Å². The molecule has 2 saturated heterocycles. The Labute approximate surface area is 186 Å². The Hall–Kier alpha value is -3.07. The average Bonchev–Trinajstić information content (AvgIpc) is 3.13. The third kappa shape index (κ3) is 4.88. The van der Waals surface area contributed by atoms with Crippen molar-refractivity contribution >= 4 is 23.2 Å². The molecule has 1 aromatic carbocycles. The number of nitrogens with one attached hydrogen (secondary N) is 1. The molecule has 2 fully saturated rings. The quantitative estimate of drug-likeness (QED) is 0.708. The lowest BCUT2D eigenvalue weighted by Crippen LogP contribution is -2.47. The molecule has 9 nitrogen and oxygen atoms in total. The Morgan fingerprint density at radius 2 is 2.03 bits per heavy atom. The topological polar surface area (TPSA) is 105 Å². The minimum absolute atomic E-state index is 0.177. The van der Waals surface area contributed by atoms with E-state index in [0.29, 0.717) is 18.6 Å². The maximum atomic E-state index is 12.1. The zero-order valence-corrected chi connectivity index (χ0v) is 18.6. The van der Waals surface area contributed by atoms with Gasteiger partial charge in [0.25, 0.3) is 0 Å². The van der Waals surface area contributed by atoms with E-state index in [4.69, 9.17) is 23.7 Å². The number of pyridine rings is 1. The summed E-state index contributed by atoms with van der Waals surface area (Å²) in [5.41, 5.74) is 0.972. The number of aromatic nitrogens is 1. The summed E-state index contributed by atoms with van der Waals surface area (Å²) < 4.78 is 27.7. The highest BCUT2D eigenvalue weighted by Crippen LogP contribution is 2.39. The van der Waals surface area contributed by atoms with Crippen molar-refractivity contribution < 1.29 is 33.3 Å². The van der Waals surface area contributed by atoms with Crippen molar-refractivity contribution in [2.45, 2.75) is 63.6 Å². The van der Waals surface area contributed by atoms with Gasteiger partial charge < -0.3 is 29.0 Å². The van der Waals surface area contributed by atoms with Gasteiger partial charge in [0.05, 0.1) is 37.6 Å². The van der Waals surface area contributed by atoms with Crippen LogP contribution in [0.15, 0.2) is 30.5 Å². The highest BCUT2D eigenvalue weighted by molar-refractivity contribution is 5.84. The second kappa shape index (κ2) is 8.82. The van der Waals surface area contributed by atoms with Gasteiger partial charge in [-0.25, -0.2) is 9.59 Å². The van der Waals surface area contributed by atoms with E-state index >= 15 is 0 Å². The highest BCUT2D eigenvalue weighted by Gasteiger charge is 2.45. The molecule has 0 bridgehead atoms. The van der Waals surface area contributed by atoms with Gasteiger partial charge in [-0.15, -0.1) is 0 Å². The van der Waals surface area contributed by atoms with Gasteiger partial charge in [0, 0.05) is 10.9 Å². The largest absolute Gasteiger partial charge is 0.509 e. The lowest BCUT2D eigenvalue weighted by atomic mass is 9.92. The van der Waals surface area contributed by atoms with Crippen LogP contribution in [0.4, 0.5) is 9.59 Å². The van der Waals surface area contributed by atoms with Crippen LogP contribution in [-0.2, 0) is 18.9 Å².